The predicted molar refractivity (Wildman–Crippen MR) is 87.3 cm³/mol. The molecule has 0 aliphatic rings. The zero-order valence-corrected chi connectivity index (χ0v) is 13.8. The summed E-state index contributed by atoms with van der Waals surface area (Å²) in [4.78, 5) is 0.249. The summed E-state index contributed by atoms with van der Waals surface area (Å²) >= 11 is 3.28. The second-order valence-corrected chi connectivity index (χ2v) is 7.34. The quantitative estimate of drug-likeness (QED) is 0.823. The molecule has 0 saturated carbocycles. The highest BCUT2D eigenvalue weighted by atomic mass is 79.9. The van der Waals surface area contributed by atoms with Gasteiger partial charge in [0.2, 0.25) is 10.0 Å². The fraction of sp³-hybridized carbons (Fsp3) is 0.200. The summed E-state index contributed by atoms with van der Waals surface area (Å²) in [5, 5.41) is 0. The van der Waals surface area contributed by atoms with Crippen molar-refractivity contribution in [2.75, 3.05) is 6.54 Å². The van der Waals surface area contributed by atoms with Crippen molar-refractivity contribution in [2.45, 2.75) is 17.4 Å². The topological polar surface area (TPSA) is 72.2 Å². The molecule has 2 rings (SSSR count). The Kier molecular flexibility index (Phi) is 5.52. The van der Waals surface area contributed by atoms with Gasteiger partial charge < -0.3 is 5.73 Å². The molecule has 0 aromatic heterocycles. The first-order chi connectivity index (χ1) is 9.99. The van der Waals surface area contributed by atoms with Gasteiger partial charge in [0.1, 0.15) is 0 Å². The van der Waals surface area contributed by atoms with Gasteiger partial charge in [-0.15, -0.1) is 0 Å². The van der Waals surface area contributed by atoms with Crippen LogP contribution < -0.4 is 10.5 Å². The second-order valence-electron chi connectivity index (χ2n) is 4.66. The molecule has 1 unspecified atom stereocenters. The number of rotatable bonds is 6. The van der Waals surface area contributed by atoms with Crippen molar-refractivity contribution in [1.29, 1.82) is 0 Å². The fourth-order valence-corrected chi connectivity index (χ4v) is 3.22. The molecule has 0 radical (unpaired) electrons. The molecule has 0 heterocycles. The van der Waals surface area contributed by atoms with E-state index >= 15 is 0 Å². The standard InChI is InChI=1S/C15H17BrN2O2S/c16-13-6-8-14(9-7-13)21(19,20)18-11-10-15(17)12-4-2-1-3-5-12/h1-9,15,18H,10-11,17H2. The monoisotopic (exact) mass is 368 g/mol. The van der Waals surface area contributed by atoms with E-state index in [9.17, 15) is 8.42 Å². The van der Waals surface area contributed by atoms with Gasteiger partial charge in [-0.05, 0) is 36.2 Å². The molecule has 21 heavy (non-hydrogen) atoms. The molecule has 0 saturated heterocycles. The fourth-order valence-electron chi connectivity index (χ4n) is 1.91. The maximum Gasteiger partial charge on any atom is 0.240 e. The summed E-state index contributed by atoms with van der Waals surface area (Å²) in [5.41, 5.74) is 7.04. The first kappa shape index (κ1) is 16.2. The van der Waals surface area contributed by atoms with Crippen LogP contribution in [0, 0.1) is 0 Å². The smallest absolute Gasteiger partial charge is 0.240 e. The van der Waals surface area contributed by atoms with Crippen molar-refractivity contribution in [2.24, 2.45) is 5.73 Å². The van der Waals surface area contributed by atoms with Gasteiger partial charge in [0.25, 0.3) is 0 Å². The lowest BCUT2D eigenvalue weighted by Crippen LogP contribution is -2.27. The number of halogens is 1. The number of hydrogen-bond acceptors (Lipinski definition) is 3. The van der Waals surface area contributed by atoms with E-state index in [4.69, 9.17) is 5.73 Å². The molecule has 2 aromatic rings. The van der Waals surface area contributed by atoms with E-state index in [1.807, 2.05) is 30.3 Å². The molecular formula is C15H17BrN2O2S. The van der Waals surface area contributed by atoms with Crippen LogP contribution in [0.5, 0.6) is 0 Å². The zero-order valence-electron chi connectivity index (χ0n) is 11.4. The van der Waals surface area contributed by atoms with Crippen LogP contribution in [0.4, 0.5) is 0 Å². The molecule has 0 fully saturated rings. The van der Waals surface area contributed by atoms with Gasteiger partial charge >= 0.3 is 0 Å². The molecule has 6 heteroatoms. The average molecular weight is 369 g/mol. The molecule has 0 aliphatic heterocycles. The van der Waals surface area contributed by atoms with Crippen LogP contribution in [0.1, 0.15) is 18.0 Å². The Balaban J connectivity index is 1.92. The third-order valence-electron chi connectivity index (χ3n) is 3.10. The van der Waals surface area contributed by atoms with Crippen molar-refractivity contribution in [1.82, 2.24) is 4.72 Å². The Morgan fingerprint density at radius 1 is 1.05 bits per heavy atom. The largest absolute Gasteiger partial charge is 0.324 e. The average Bonchev–Trinajstić information content (AvgIpc) is 2.48. The van der Waals surface area contributed by atoms with Gasteiger partial charge in [-0.1, -0.05) is 46.3 Å². The van der Waals surface area contributed by atoms with E-state index in [0.717, 1.165) is 10.0 Å². The van der Waals surface area contributed by atoms with Crippen LogP contribution >= 0.6 is 15.9 Å². The Hall–Kier alpha value is -1.21. The number of nitrogens with one attached hydrogen (secondary N) is 1. The number of hydrogen-bond donors (Lipinski definition) is 2. The van der Waals surface area contributed by atoms with E-state index < -0.39 is 10.0 Å². The Labute approximate surface area is 133 Å². The van der Waals surface area contributed by atoms with Crippen molar-refractivity contribution in [3.8, 4) is 0 Å². The minimum Gasteiger partial charge on any atom is -0.324 e. The first-order valence-electron chi connectivity index (χ1n) is 6.55. The predicted octanol–water partition coefficient (Wildman–Crippen LogP) is 2.82. The van der Waals surface area contributed by atoms with Gasteiger partial charge in [0, 0.05) is 17.1 Å². The minimum atomic E-state index is -3.48. The van der Waals surface area contributed by atoms with Crippen LogP contribution in [0.25, 0.3) is 0 Å². The summed E-state index contributed by atoms with van der Waals surface area (Å²) in [6, 6.07) is 16.0. The molecular weight excluding hydrogens is 352 g/mol. The van der Waals surface area contributed by atoms with Gasteiger partial charge in [-0.3, -0.25) is 0 Å². The van der Waals surface area contributed by atoms with Gasteiger partial charge in [0.05, 0.1) is 4.90 Å². The highest BCUT2D eigenvalue weighted by molar-refractivity contribution is 9.10. The Bertz CT molecular complexity index is 673. The van der Waals surface area contributed by atoms with Crippen molar-refractivity contribution >= 4 is 26.0 Å². The van der Waals surface area contributed by atoms with Crippen molar-refractivity contribution in [3.05, 3.63) is 64.6 Å². The van der Waals surface area contributed by atoms with E-state index in [2.05, 4.69) is 20.7 Å². The Morgan fingerprint density at radius 3 is 2.29 bits per heavy atom. The molecule has 0 bridgehead atoms. The summed E-state index contributed by atoms with van der Waals surface area (Å²) in [7, 11) is -3.48. The van der Waals surface area contributed by atoms with Gasteiger partial charge in [0.15, 0.2) is 0 Å². The molecule has 1 atom stereocenters. The third kappa shape index (κ3) is 4.64. The molecule has 3 N–H and O–H groups in total. The SMILES string of the molecule is NC(CCNS(=O)(=O)c1ccc(Br)cc1)c1ccccc1. The maximum absolute atomic E-state index is 12.1. The van der Waals surface area contributed by atoms with E-state index in [-0.39, 0.29) is 10.9 Å². The van der Waals surface area contributed by atoms with E-state index in [0.29, 0.717) is 13.0 Å². The zero-order chi connectivity index (χ0) is 15.3. The van der Waals surface area contributed by atoms with Gasteiger partial charge in [-0.25, -0.2) is 13.1 Å². The van der Waals surface area contributed by atoms with E-state index in [1.165, 1.54) is 0 Å². The maximum atomic E-state index is 12.1. The summed E-state index contributed by atoms with van der Waals surface area (Å²) < 4.78 is 27.6. The molecule has 2 aromatic carbocycles. The van der Waals surface area contributed by atoms with E-state index in [1.54, 1.807) is 24.3 Å². The molecule has 0 spiro atoms. The summed E-state index contributed by atoms with van der Waals surface area (Å²) in [5.74, 6) is 0. The summed E-state index contributed by atoms with van der Waals surface area (Å²) in [6.45, 7) is 0.300. The second kappa shape index (κ2) is 7.17. The highest BCUT2D eigenvalue weighted by Gasteiger charge is 2.14. The van der Waals surface area contributed by atoms with Crippen molar-refractivity contribution < 1.29 is 8.42 Å². The van der Waals surface area contributed by atoms with Crippen LogP contribution in [0.15, 0.2) is 64.0 Å². The highest BCUT2D eigenvalue weighted by Crippen LogP contribution is 2.16. The first-order valence-corrected chi connectivity index (χ1v) is 8.82. The molecule has 0 aliphatic carbocycles. The minimum absolute atomic E-state index is 0.182. The summed E-state index contributed by atoms with van der Waals surface area (Å²) in [6.07, 6.45) is 0.541. The number of benzene rings is 2. The molecule has 4 nitrogen and oxygen atoms in total. The molecule has 112 valence electrons. The van der Waals surface area contributed by atoms with Crippen molar-refractivity contribution in [3.63, 3.8) is 0 Å². The van der Waals surface area contributed by atoms with Crippen LogP contribution in [-0.4, -0.2) is 15.0 Å². The van der Waals surface area contributed by atoms with Crippen LogP contribution in [0.2, 0.25) is 0 Å². The lowest BCUT2D eigenvalue weighted by atomic mass is 10.1. The number of sulfonamides is 1. The third-order valence-corrected chi connectivity index (χ3v) is 5.10. The normalized spacial score (nSPS) is 13.0. The van der Waals surface area contributed by atoms with Crippen LogP contribution in [0.3, 0.4) is 0 Å². The lowest BCUT2D eigenvalue weighted by molar-refractivity contribution is 0.569. The van der Waals surface area contributed by atoms with Crippen LogP contribution in [-0.2, 0) is 10.0 Å². The molecule has 0 amide bonds. The Morgan fingerprint density at radius 2 is 1.67 bits per heavy atom. The van der Waals surface area contributed by atoms with Gasteiger partial charge in [-0.2, -0.15) is 0 Å². The lowest BCUT2D eigenvalue weighted by Gasteiger charge is -2.12. The number of nitrogens with two attached hydrogens (primary N) is 1.